The Hall–Kier alpha value is -1.10. The van der Waals surface area contributed by atoms with Crippen LogP contribution in [0.1, 0.15) is 0 Å². The highest BCUT2D eigenvalue weighted by molar-refractivity contribution is 5.20. The molecule has 2 N–H and O–H groups in total. The van der Waals surface area contributed by atoms with E-state index in [0.717, 1.165) is 25.4 Å². The molecule has 17 heavy (non-hydrogen) atoms. The van der Waals surface area contributed by atoms with Crippen LogP contribution in [0.25, 0.3) is 0 Å². The zero-order chi connectivity index (χ0) is 11.9. The van der Waals surface area contributed by atoms with Crippen LogP contribution < -0.4 is 15.4 Å². The molecule has 4 heteroatoms. The lowest BCUT2D eigenvalue weighted by atomic mass is 10.1. The zero-order valence-electron chi connectivity index (χ0n) is 10.2. The third kappa shape index (κ3) is 4.00. The minimum atomic E-state index is 0.337. The molecule has 1 saturated heterocycles. The van der Waals surface area contributed by atoms with Gasteiger partial charge in [0.2, 0.25) is 0 Å². The summed E-state index contributed by atoms with van der Waals surface area (Å²) in [5.41, 5.74) is 0. The lowest BCUT2D eigenvalue weighted by Gasteiger charge is -2.31. The number of para-hydroxylation sites is 1. The van der Waals surface area contributed by atoms with Gasteiger partial charge in [0.1, 0.15) is 12.4 Å². The summed E-state index contributed by atoms with van der Waals surface area (Å²) in [5.74, 6) is 0.920. The second kappa shape index (κ2) is 6.59. The smallest absolute Gasteiger partial charge is 0.119 e. The average molecular weight is 236 g/mol. The number of hydrogen-bond donors (Lipinski definition) is 2. The van der Waals surface area contributed by atoms with Crippen LogP contribution in [0.3, 0.4) is 0 Å². The first-order valence-electron chi connectivity index (χ1n) is 6.02. The summed E-state index contributed by atoms with van der Waals surface area (Å²) in [7, 11) is 1.73. The van der Waals surface area contributed by atoms with Gasteiger partial charge in [-0.25, -0.2) is 0 Å². The van der Waals surface area contributed by atoms with Crippen molar-refractivity contribution in [3.05, 3.63) is 30.3 Å². The molecule has 2 unspecified atom stereocenters. The summed E-state index contributed by atoms with van der Waals surface area (Å²) in [6.45, 7) is 3.30. The van der Waals surface area contributed by atoms with Gasteiger partial charge in [-0.3, -0.25) is 0 Å². The summed E-state index contributed by atoms with van der Waals surface area (Å²) in [6.07, 6.45) is 0. The van der Waals surface area contributed by atoms with Gasteiger partial charge >= 0.3 is 0 Å². The average Bonchev–Trinajstić information content (AvgIpc) is 2.39. The van der Waals surface area contributed by atoms with Crippen molar-refractivity contribution in [2.24, 2.45) is 0 Å². The maximum Gasteiger partial charge on any atom is 0.119 e. The Kier molecular flexibility index (Phi) is 4.79. The summed E-state index contributed by atoms with van der Waals surface area (Å²) < 4.78 is 10.9. The molecule has 1 aromatic carbocycles. The van der Waals surface area contributed by atoms with E-state index in [0.29, 0.717) is 18.7 Å². The van der Waals surface area contributed by atoms with Crippen molar-refractivity contribution in [2.75, 3.05) is 33.4 Å². The maximum absolute atomic E-state index is 5.73. The minimum Gasteiger partial charge on any atom is -0.492 e. The topological polar surface area (TPSA) is 42.5 Å². The van der Waals surface area contributed by atoms with Gasteiger partial charge in [-0.1, -0.05) is 18.2 Å². The van der Waals surface area contributed by atoms with E-state index in [1.165, 1.54) is 0 Å². The van der Waals surface area contributed by atoms with Gasteiger partial charge in [-0.2, -0.15) is 0 Å². The van der Waals surface area contributed by atoms with E-state index >= 15 is 0 Å². The van der Waals surface area contributed by atoms with Crippen molar-refractivity contribution in [3.8, 4) is 5.75 Å². The molecule has 94 valence electrons. The fourth-order valence-corrected chi connectivity index (χ4v) is 2.01. The Labute approximate surface area is 102 Å². The standard InChI is InChI=1S/C13H20N2O2/c1-16-9-11-7-14-8-12(15-11)10-17-13-5-3-2-4-6-13/h2-6,11-12,14-15H,7-10H2,1H3. The van der Waals surface area contributed by atoms with Crippen LogP contribution in [0.15, 0.2) is 30.3 Å². The third-order valence-corrected chi connectivity index (χ3v) is 2.82. The number of benzene rings is 1. The second-order valence-electron chi connectivity index (χ2n) is 4.30. The second-order valence-corrected chi connectivity index (χ2v) is 4.30. The highest BCUT2D eigenvalue weighted by atomic mass is 16.5. The monoisotopic (exact) mass is 236 g/mol. The molecular weight excluding hydrogens is 216 g/mol. The quantitative estimate of drug-likeness (QED) is 0.787. The number of nitrogens with one attached hydrogen (secondary N) is 2. The molecule has 4 nitrogen and oxygen atoms in total. The molecular formula is C13H20N2O2. The number of rotatable bonds is 5. The molecule has 1 fully saturated rings. The molecule has 0 saturated carbocycles. The zero-order valence-corrected chi connectivity index (χ0v) is 10.2. The molecule has 0 radical (unpaired) electrons. The number of piperazine rings is 1. The molecule has 0 amide bonds. The Bertz CT molecular complexity index is 316. The molecule has 0 spiro atoms. The molecule has 0 aliphatic carbocycles. The van der Waals surface area contributed by atoms with Crippen LogP contribution in [-0.2, 0) is 4.74 Å². The fraction of sp³-hybridized carbons (Fsp3) is 0.538. The third-order valence-electron chi connectivity index (χ3n) is 2.82. The van der Waals surface area contributed by atoms with Gasteiger partial charge in [-0.15, -0.1) is 0 Å². The lowest BCUT2D eigenvalue weighted by Crippen LogP contribution is -2.58. The van der Waals surface area contributed by atoms with E-state index in [1.807, 2.05) is 30.3 Å². The van der Waals surface area contributed by atoms with Crippen LogP contribution >= 0.6 is 0 Å². The van der Waals surface area contributed by atoms with Crippen LogP contribution in [0.5, 0.6) is 5.75 Å². The Morgan fingerprint density at radius 1 is 1.12 bits per heavy atom. The van der Waals surface area contributed by atoms with Gasteiger partial charge in [0.25, 0.3) is 0 Å². The first-order chi connectivity index (χ1) is 8.38. The van der Waals surface area contributed by atoms with Gasteiger partial charge in [0.15, 0.2) is 0 Å². The van der Waals surface area contributed by atoms with Crippen molar-refractivity contribution < 1.29 is 9.47 Å². The summed E-state index contributed by atoms with van der Waals surface area (Å²) in [6, 6.07) is 10.6. The highest BCUT2D eigenvalue weighted by Crippen LogP contribution is 2.09. The van der Waals surface area contributed by atoms with Gasteiger partial charge < -0.3 is 20.1 Å². The van der Waals surface area contributed by atoms with Crippen LogP contribution in [0.2, 0.25) is 0 Å². The molecule has 0 bridgehead atoms. The Balaban J connectivity index is 1.75. The van der Waals surface area contributed by atoms with Gasteiger partial charge in [-0.05, 0) is 12.1 Å². The van der Waals surface area contributed by atoms with Crippen molar-refractivity contribution in [1.29, 1.82) is 0 Å². The first-order valence-corrected chi connectivity index (χ1v) is 6.02. The van der Waals surface area contributed by atoms with E-state index in [4.69, 9.17) is 9.47 Å². The largest absolute Gasteiger partial charge is 0.492 e. The van der Waals surface area contributed by atoms with E-state index in [1.54, 1.807) is 7.11 Å². The van der Waals surface area contributed by atoms with E-state index < -0.39 is 0 Å². The van der Waals surface area contributed by atoms with Crippen LogP contribution in [-0.4, -0.2) is 45.5 Å². The first kappa shape index (κ1) is 12.4. The number of hydrogen-bond acceptors (Lipinski definition) is 4. The summed E-state index contributed by atoms with van der Waals surface area (Å²) in [5, 5.41) is 6.90. The molecule has 1 heterocycles. The number of ether oxygens (including phenoxy) is 2. The fourth-order valence-electron chi connectivity index (χ4n) is 2.01. The molecule has 1 aliphatic heterocycles. The summed E-state index contributed by atoms with van der Waals surface area (Å²) in [4.78, 5) is 0. The van der Waals surface area contributed by atoms with Crippen LogP contribution in [0.4, 0.5) is 0 Å². The van der Waals surface area contributed by atoms with Crippen molar-refractivity contribution in [3.63, 3.8) is 0 Å². The van der Waals surface area contributed by atoms with Crippen molar-refractivity contribution in [2.45, 2.75) is 12.1 Å². The van der Waals surface area contributed by atoms with Gasteiger partial charge in [0.05, 0.1) is 12.6 Å². The van der Waals surface area contributed by atoms with Crippen molar-refractivity contribution in [1.82, 2.24) is 10.6 Å². The summed E-state index contributed by atoms with van der Waals surface area (Å²) >= 11 is 0. The molecule has 1 aliphatic rings. The normalized spacial score (nSPS) is 24.5. The number of methoxy groups -OCH3 is 1. The minimum absolute atomic E-state index is 0.337. The predicted octanol–water partition coefficient (Wildman–Crippen LogP) is 0.642. The van der Waals surface area contributed by atoms with Crippen molar-refractivity contribution >= 4 is 0 Å². The Morgan fingerprint density at radius 2 is 1.82 bits per heavy atom. The maximum atomic E-state index is 5.73. The molecule has 2 rings (SSSR count). The Morgan fingerprint density at radius 3 is 2.53 bits per heavy atom. The van der Waals surface area contributed by atoms with E-state index in [9.17, 15) is 0 Å². The lowest BCUT2D eigenvalue weighted by molar-refractivity contribution is 0.135. The molecule has 1 aromatic rings. The SMILES string of the molecule is COCC1CNCC(COc2ccccc2)N1. The highest BCUT2D eigenvalue weighted by Gasteiger charge is 2.20. The molecule has 2 atom stereocenters. The van der Waals surface area contributed by atoms with Crippen LogP contribution in [0, 0.1) is 0 Å². The van der Waals surface area contributed by atoms with E-state index in [-0.39, 0.29) is 0 Å². The predicted molar refractivity (Wildman–Crippen MR) is 67.4 cm³/mol. The van der Waals surface area contributed by atoms with E-state index in [2.05, 4.69) is 10.6 Å². The molecule has 0 aromatic heterocycles. The van der Waals surface area contributed by atoms with Gasteiger partial charge in [0, 0.05) is 26.2 Å².